The molecule has 0 N–H and O–H groups in total. The molecule has 0 fully saturated rings. The van der Waals surface area contributed by atoms with Gasteiger partial charge in [0.25, 0.3) is 0 Å². The first-order valence-electron chi connectivity index (χ1n) is 20.1. The lowest BCUT2D eigenvalue weighted by Gasteiger charge is -2.12. The number of rotatable bonds is 6. The van der Waals surface area contributed by atoms with Gasteiger partial charge < -0.3 is 8.98 Å². The summed E-state index contributed by atoms with van der Waals surface area (Å²) in [4.78, 5) is 33.9. The summed E-state index contributed by atoms with van der Waals surface area (Å²) in [7, 11) is 0. The van der Waals surface area contributed by atoms with Crippen molar-refractivity contribution in [3.8, 4) is 56.9 Å². The van der Waals surface area contributed by atoms with Gasteiger partial charge in [0.05, 0.1) is 32.8 Å². The smallest absolute Gasteiger partial charge is 0.200 e. The Morgan fingerprint density at radius 1 is 0.361 bits per heavy atom. The Bertz CT molecular complexity index is 3650. The molecule has 0 aliphatic rings. The zero-order chi connectivity index (χ0) is 40.4. The standard InChI is InChI=1S/C53H32N6O2/c60-49-40-21-11-13-23-47(40)61-48-32-46-43(31-42(48)49)54-53(59(46)38-28-29-45-41(30-38)39-20-10-12-22-44(39)58(45)37-18-8-3-9-19-37)36-26-24-35(25-27-36)52-56-50(33-14-4-1-5-15-33)55-51(57-52)34-16-6-2-7-17-34/h1-32H. The number of nitrogens with zero attached hydrogens (tertiary/aromatic N) is 6. The number of fused-ring (bicyclic) bond motifs is 6. The third-order valence-corrected chi connectivity index (χ3v) is 11.4. The number of hydrogen-bond acceptors (Lipinski definition) is 6. The van der Waals surface area contributed by atoms with Gasteiger partial charge in [-0.05, 0) is 54.6 Å². The molecule has 61 heavy (non-hydrogen) atoms. The van der Waals surface area contributed by atoms with E-state index in [-0.39, 0.29) is 5.43 Å². The van der Waals surface area contributed by atoms with Crippen molar-refractivity contribution in [1.82, 2.24) is 29.1 Å². The second kappa shape index (κ2) is 13.8. The van der Waals surface area contributed by atoms with Crippen LogP contribution < -0.4 is 5.43 Å². The van der Waals surface area contributed by atoms with Crippen LogP contribution in [0.25, 0.3) is 112 Å². The molecule has 0 unspecified atom stereocenters. The molecule has 0 radical (unpaired) electrons. The van der Waals surface area contributed by atoms with Gasteiger partial charge in [-0.2, -0.15) is 0 Å². The lowest BCUT2D eigenvalue weighted by atomic mass is 10.1. The van der Waals surface area contributed by atoms with Crippen molar-refractivity contribution >= 4 is 54.8 Å². The molecule has 0 saturated heterocycles. The van der Waals surface area contributed by atoms with E-state index < -0.39 is 0 Å². The van der Waals surface area contributed by atoms with Gasteiger partial charge in [-0.3, -0.25) is 9.36 Å². The van der Waals surface area contributed by atoms with E-state index in [1.54, 1.807) is 6.07 Å². The van der Waals surface area contributed by atoms with E-state index in [9.17, 15) is 4.79 Å². The van der Waals surface area contributed by atoms with E-state index >= 15 is 0 Å². The maximum Gasteiger partial charge on any atom is 0.200 e. The van der Waals surface area contributed by atoms with Crippen molar-refractivity contribution in [1.29, 1.82) is 0 Å². The second-order valence-electron chi connectivity index (χ2n) is 15.0. The normalized spacial score (nSPS) is 11.7. The van der Waals surface area contributed by atoms with E-state index in [0.717, 1.165) is 61.0 Å². The van der Waals surface area contributed by atoms with Crippen LogP contribution in [0.4, 0.5) is 0 Å². The van der Waals surface area contributed by atoms with Crippen LogP contribution in [0.1, 0.15) is 0 Å². The summed E-state index contributed by atoms with van der Waals surface area (Å²) in [6, 6.07) is 64.8. The highest BCUT2D eigenvalue weighted by Crippen LogP contribution is 2.37. The summed E-state index contributed by atoms with van der Waals surface area (Å²) in [5.74, 6) is 2.48. The van der Waals surface area contributed by atoms with E-state index in [0.29, 0.717) is 50.8 Å². The van der Waals surface area contributed by atoms with Crippen molar-refractivity contribution in [3.63, 3.8) is 0 Å². The largest absolute Gasteiger partial charge is 0.456 e. The summed E-state index contributed by atoms with van der Waals surface area (Å²) >= 11 is 0. The fourth-order valence-electron chi connectivity index (χ4n) is 8.49. The van der Waals surface area contributed by atoms with Crippen molar-refractivity contribution in [2.24, 2.45) is 0 Å². The van der Waals surface area contributed by atoms with Crippen molar-refractivity contribution in [3.05, 3.63) is 204 Å². The van der Waals surface area contributed by atoms with Crippen LogP contribution in [0.15, 0.2) is 203 Å². The van der Waals surface area contributed by atoms with E-state index in [1.165, 1.54) is 0 Å². The molecule has 12 aromatic rings. The van der Waals surface area contributed by atoms with Crippen molar-refractivity contribution in [2.45, 2.75) is 0 Å². The molecule has 0 aliphatic carbocycles. The van der Waals surface area contributed by atoms with Crippen LogP contribution in [0, 0.1) is 0 Å². The average Bonchev–Trinajstić information content (AvgIpc) is 3.87. The Morgan fingerprint density at radius 2 is 0.918 bits per heavy atom. The second-order valence-corrected chi connectivity index (χ2v) is 15.0. The van der Waals surface area contributed by atoms with Crippen LogP contribution in [0.2, 0.25) is 0 Å². The molecule has 0 spiro atoms. The quantitative estimate of drug-likeness (QED) is 0.156. The molecule has 0 amide bonds. The van der Waals surface area contributed by atoms with Gasteiger partial charge in [-0.25, -0.2) is 19.9 Å². The topological polar surface area (TPSA) is 91.6 Å². The van der Waals surface area contributed by atoms with Gasteiger partial charge in [-0.1, -0.05) is 133 Å². The van der Waals surface area contributed by atoms with E-state index in [4.69, 9.17) is 24.4 Å². The van der Waals surface area contributed by atoms with Crippen molar-refractivity contribution < 1.29 is 4.42 Å². The number of benzene rings is 8. The molecule has 0 saturated carbocycles. The molecule has 8 aromatic carbocycles. The molecular weight excluding hydrogens is 753 g/mol. The summed E-state index contributed by atoms with van der Waals surface area (Å²) < 4.78 is 10.9. The molecule has 286 valence electrons. The first-order chi connectivity index (χ1) is 30.1. The first-order valence-corrected chi connectivity index (χ1v) is 20.1. The number of para-hydroxylation sites is 3. The SMILES string of the molecule is O=c1c2ccccc2oc2cc3c(cc12)nc(-c1ccc(-c2nc(-c4ccccc4)nc(-c4ccccc4)n2)cc1)n3-c1ccc2c(c1)c1ccccc1n2-c1ccccc1. The summed E-state index contributed by atoms with van der Waals surface area (Å²) in [6.45, 7) is 0. The summed E-state index contributed by atoms with van der Waals surface area (Å²) in [6.07, 6.45) is 0. The molecule has 4 heterocycles. The van der Waals surface area contributed by atoms with Crippen molar-refractivity contribution in [2.75, 3.05) is 0 Å². The molecular formula is C53H32N6O2. The molecule has 0 bridgehead atoms. The van der Waals surface area contributed by atoms with Crippen LogP contribution in [0.5, 0.6) is 0 Å². The molecule has 8 heteroatoms. The predicted molar refractivity (Wildman–Crippen MR) is 244 cm³/mol. The molecule has 12 rings (SSSR count). The summed E-state index contributed by atoms with van der Waals surface area (Å²) in [5, 5.41) is 3.27. The fourth-order valence-corrected chi connectivity index (χ4v) is 8.49. The first kappa shape index (κ1) is 34.5. The lowest BCUT2D eigenvalue weighted by Crippen LogP contribution is -2.02. The van der Waals surface area contributed by atoms with Crippen LogP contribution in [0.3, 0.4) is 0 Å². The van der Waals surface area contributed by atoms with Gasteiger partial charge >= 0.3 is 0 Å². The van der Waals surface area contributed by atoms with Crippen LogP contribution >= 0.6 is 0 Å². The molecule has 4 aromatic heterocycles. The fraction of sp³-hybridized carbons (Fsp3) is 0. The minimum atomic E-state index is -0.0866. The maximum atomic E-state index is 13.8. The Labute approximate surface area is 348 Å². The van der Waals surface area contributed by atoms with Gasteiger partial charge in [0.2, 0.25) is 5.43 Å². The van der Waals surface area contributed by atoms with Crippen LogP contribution in [-0.2, 0) is 0 Å². The molecule has 8 nitrogen and oxygen atoms in total. The lowest BCUT2D eigenvalue weighted by molar-refractivity contribution is 0.660. The highest BCUT2D eigenvalue weighted by atomic mass is 16.3. The highest BCUT2D eigenvalue weighted by molar-refractivity contribution is 6.10. The number of aromatic nitrogens is 6. The highest BCUT2D eigenvalue weighted by Gasteiger charge is 2.21. The molecule has 0 aliphatic heterocycles. The Hall–Kier alpha value is -8.49. The molecule has 0 atom stereocenters. The maximum absolute atomic E-state index is 13.8. The Morgan fingerprint density at radius 3 is 1.61 bits per heavy atom. The zero-order valence-corrected chi connectivity index (χ0v) is 32.5. The summed E-state index contributed by atoms with van der Waals surface area (Å²) in [5.41, 5.74) is 10.2. The minimum absolute atomic E-state index is 0.0866. The van der Waals surface area contributed by atoms with Crippen LogP contribution in [-0.4, -0.2) is 29.1 Å². The number of hydrogen-bond donors (Lipinski definition) is 0. The third kappa shape index (κ3) is 5.72. The van der Waals surface area contributed by atoms with Gasteiger partial charge in [-0.15, -0.1) is 0 Å². The zero-order valence-electron chi connectivity index (χ0n) is 32.5. The Kier molecular flexibility index (Phi) is 7.83. The third-order valence-electron chi connectivity index (χ3n) is 11.4. The monoisotopic (exact) mass is 784 g/mol. The van der Waals surface area contributed by atoms with E-state index in [1.807, 2.05) is 109 Å². The Balaban J connectivity index is 1.06. The average molecular weight is 785 g/mol. The number of imidazole rings is 1. The van der Waals surface area contributed by atoms with E-state index in [2.05, 4.69) is 88.0 Å². The van der Waals surface area contributed by atoms with Gasteiger partial charge in [0, 0.05) is 50.5 Å². The minimum Gasteiger partial charge on any atom is -0.456 e. The predicted octanol–water partition coefficient (Wildman–Crippen LogP) is 12.2. The van der Waals surface area contributed by atoms with Gasteiger partial charge in [0.1, 0.15) is 17.0 Å². The van der Waals surface area contributed by atoms with Gasteiger partial charge in [0.15, 0.2) is 17.5 Å².